The molecule has 0 bridgehead atoms. The van der Waals surface area contributed by atoms with E-state index >= 15 is 0 Å². The highest BCUT2D eigenvalue weighted by atomic mass is 32.1. The monoisotopic (exact) mass is 219 g/mol. The lowest BCUT2D eigenvalue weighted by Crippen LogP contribution is -1.99. The number of rotatable bonds is 2. The quantitative estimate of drug-likeness (QED) is 0.758. The number of aliphatic hydroxyl groups excluding tert-OH is 1. The van der Waals surface area contributed by atoms with Crippen molar-refractivity contribution in [3.8, 4) is 11.8 Å². The Morgan fingerprint density at radius 1 is 1.53 bits per heavy atom. The van der Waals surface area contributed by atoms with E-state index < -0.39 is 0 Å². The van der Waals surface area contributed by atoms with Crippen molar-refractivity contribution in [1.29, 1.82) is 0 Å². The van der Waals surface area contributed by atoms with Crippen LogP contribution < -0.4 is 0 Å². The standard InChI is InChI=1S/C10H9N3OS/c14-4-1-2-9-3-5-15-10(9)6-13-8-11-7-12-13/h3,5,7-8,14H,4,6H2. The molecule has 0 aliphatic rings. The Morgan fingerprint density at radius 3 is 3.20 bits per heavy atom. The Bertz CT molecular complexity index is 478. The van der Waals surface area contributed by atoms with Gasteiger partial charge in [-0.15, -0.1) is 11.3 Å². The number of hydrogen-bond donors (Lipinski definition) is 1. The van der Waals surface area contributed by atoms with Crippen molar-refractivity contribution in [3.63, 3.8) is 0 Å². The van der Waals surface area contributed by atoms with E-state index in [0.29, 0.717) is 6.54 Å². The van der Waals surface area contributed by atoms with E-state index in [2.05, 4.69) is 21.9 Å². The first-order valence-corrected chi connectivity index (χ1v) is 5.26. The van der Waals surface area contributed by atoms with E-state index in [1.54, 1.807) is 22.3 Å². The van der Waals surface area contributed by atoms with Gasteiger partial charge >= 0.3 is 0 Å². The predicted molar refractivity (Wildman–Crippen MR) is 57.4 cm³/mol. The molecule has 2 aromatic rings. The normalized spacial score (nSPS) is 9.67. The zero-order chi connectivity index (χ0) is 10.5. The first-order valence-electron chi connectivity index (χ1n) is 4.38. The maximum atomic E-state index is 8.61. The molecule has 0 aliphatic heterocycles. The molecule has 0 aromatic carbocycles. The van der Waals surface area contributed by atoms with Crippen molar-refractivity contribution in [1.82, 2.24) is 14.8 Å². The van der Waals surface area contributed by atoms with Gasteiger partial charge in [-0.05, 0) is 11.4 Å². The molecule has 0 amide bonds. The molecule has 15 heavy (non-hydrogen) atoms. The van der Waals surface area contributed by atoms with E-state index in [9.17, 15) is 0 Å². The maximum Gasteiger partial charge on any atom is 0.137 e. The number of aliphatic hydroxyl groups is 1. The lowest BCUT2D eigenvalue weighted by atomic mass is 10.2. The summed E-state index contributed by atoms with van der Waals surface area (Å²) in [4.78, 5) is 5.00. The molecule has 2 aromatic heterocycles. The largest absolute Gasteiger partial charge is 0.384 e. The molecule has 4 nitrogen and oxygen atoms in total. The van der Waals surface area contributed by atoms with E-state index in [0.717, 1.165) is 10.4 Å². The van der Waals surface area contributed by atoms with Crippen molar-refractivity contribution in [2.45, 2.75) is 6.54 Å². The van der Waals surface area contributed by atoms with Crippen LogP contribution in [0.25, 0.3) is 0 Å². The minimum Gasteiger partial charge on any atom is -0.384 e. The second-order valence-corrected chi connectivity index (χ2v) is 3.81. The Hall–Kier alpha value is -1.64. The van der Waals surface area contributed by atoms with Gasteiger partial charge in [-0.1, -0.05) is 11.8 Å². The van der Waals surface area contributed by atoms with Crippen LogP contribution in [0.4, 0.5) is 0 Å². The third kappa shape index (κ3) is 2.43. The summed E-state index contributed by atoms with van der Waals surface area (Å²) < 4.78 is 1.75. The summed E-state index contributed by atoms with van der Waals surface area (Å²) in [5, 5.41) is 14.6. The molecule has 5 heteroatoms. The Labute approximate surface area is 91.2 Å². The van der Waals surface area contributed by atoms with Crippen molar-refractivity contribution in [2.24, 2.45) is 0 Å². The van der Waals surface area contributed by atoms with Crippen molar-refractivity contribution in [2.75, 3.05) is 6.61 Å². The summed E-state index contributed by atoms with van der Waals surface area (Å²) in [5.74, 6) is 5.54. The second kappa shape index (κ2) is 4.73. The molecule has 0 unspecified atom stereocenters. The Morgan fingerprint density at radius 2 is 2.47 bits per heavy atom. The van der Waals surface area contributed by atoms with Gasteiger partial charge in [-0.3, -0.25) is 0 Å². The number of aromatic nitrogens is 3. The molecule has 0 saturated carbocycles. The highest BCUT2D eigenvalue weighted by molar-refractivity contribution is 7.10. The molecule has 1 N–H and O–H groups in total. The molecule has 0 aliphatic carbocycles. The summed E-state index contributed by atoms with van der Waals surface area (Å²) in [5.41, 5.74) is 0.949. The maximum absolute atomic E-state index is 8.61. The molecular formula is C10H9N3OS. The average Bonchev–Trinajstić information content (AvgIpc) is 2.87. The van der Waals surface area contributed by atoms with Gasteiger partial charge in [0.1, 0.15) is 19.3 Å². The summed E-state index contributed by atoms with van der Waals surface area (Å²) in [6, 6.07) is 1.94. The van der Waals surface area contributed by atoms with Crippen LogP contribution in [0, 0.1) is 11.8 Å². The smallest absolute Gasteiger partial charge is 0.137 e. The van der Waals surface area contributed by atoms with Crippen LogP contribution in [0.1, 0.15) is 10.4 Å². The van der Waals surface area contributed by atoms with Gasteiger partial charge in [0.25, 0.3) is 0 Å². The van der Waals surface area contributed by atoms with E-state index in [1.165, 1.54) is 6.33 Å². The molecule has 0 saturated heterocycles. The summed E-state index contributed by atoms with van der Waals surface area (Å²) >= 11 is 1.63. The van der Waals surface area contributed by atoms with Gasteiger partial charge < -0.3 is 5.11 Å². The lowest BCUT2D eigenvalue weighted by Gasteiger charge is -1.97. The SMILES string of the molecule is OCC#Cc1ccsc1Cn1cncn1. The first kappa shape index (κ1) is 9.90. The molecule has 76 valence electrons. The highest BCUT2D eigenvalue weighted by Gasteiger charge is 2.02. The fourth-order valence-electron chi connectivity index (χ4n) is 1.17. The molecule has 0 atom stereocenters. The highest BCUT2D eigenvalue weighted by Crippen LogP contribution is 2.16. The van der Waals surface area contributed by atoms with Crippen LogP contribution in [0.3, 0.4) is 0 Å². The minimum absolute atomic E-state index is 0.112. The molecule has 2 heterocycles. The molecule has 0 fully saturated rings. The van der Waals surface area contributed by atoms with Crippen molar-refractivity contribution < 1.29 is 5.11 Å². The van der Waals surface area contributed by atoms with Crippen LogP contribution >= 0.6 is 11.3 Å². The van der Waals surface area contributed by atoms with Crippen LogP contribution in [-0.4, -0.2) is 26.5 Å². The van der Waals surface area contributed by atoms with E-state index in [4.69, 9.17) is 5.11 Å². The van der Waals surface area contributed by atoms with E-state index in [1.807, 2.05) is 11.4 Å². The van der Waals surface area contributed by atoms with Crippen LogP contribution in [0.5, 0.6) is 0 Å². The topological polar surface area (TPSA) is 50.9 Å². The number of hydrogen-bond acceptors (Lipinski definition) is 4. The third-order valence-electron chi connectivity index (χ3n) is 1.82. The van der Waals surface area contributed by atoms with E-state index in [-0.39, 0.29) is 6.61 Å². The Kier molecular flexibility index (Phi) is 3.12. The van der Waals surface area contributed by atoms with Gasteiger partial charge in [0.2, 0.25) is 0 Å². The molecular weight excluding hydrogens is 210 g/mol. The van der Waals surface area contributed by atoms with Crippen molar-refractivity contribution >= 4 is 11.3 Å². The average molecular weight is 219 g/mol. The molecule has 0 spiro atoms. The zero-order valence-corrected chi connectivity index (χ0v) is 8.74. The third-order valence-corrected chi connectivity index (χ3v) is 2.73. The number of nitrogens with zero attached hydrogens (tertiary/aromatic N) is 3. The fraction of sp³-hybridized carbons (Fsp3) is 0.200. The van der Waals surface area contributed by atoms with Gasteiger partial charge in [0.15, 0.2) is 0 Å². The first-order chi connectivity index (χ1) is 7.40. The predicted octanol–water partition coefficient (Wildman–Crippen LogP) is 0.732. The fourth-order valence-corrected chi connectivity index (χ4v) is 1.99. The van der Waals surface area contributed by atoms with Gasteiger partial charge in [0.05, 0.1) is 6.54 Å². The Balaban J connectivity index is 2.18. The lowest BCUT2D eigenvalue weighted by molar-refractivity contribution is 0.350. The van der Waals surface area contributed by atoms with Gasteiger partial charge in [-0.25, -0.2) is 9.67 Å². The van der Waals surface area contributed by atoms with Gasteiger partial charge in [-0.2, -0.15) is 5.10 Å². The molecule has 0 radical (unpaired) electrons. The summed E-state index contributed by atoms with van der Waals surface area (Å²) in [6.07, 6.45) is 3.18. The summed E-state index contributed by atoms with van der Waals surface area (Å²) in [7, 11) is 0. The van der Waals surface area contributed by atoms with Gasteiger partial charge in [0, 0.05) is 10.4 Å². The second-order valence-electron chi connectivity index (χ2n) is 2.81. The van der Waals surface area contributed by atoms with Crippen molar-refractivity contribution in [3.05, 3.63) is 34.5 Å². The summed E-state index contributed by atoms with van der Waals surface area (Å²) in [6.45, 7) is 0.561. The molecule has 2 rings (SSSR count). The number of thiophene rings is 1. The van der Waals surface area contributed by atoms with Crippen LogP contribution in [-0.2, 0) is 6.54 Å². The van der Waals surface area contributed by atoms with Crippen LogP contribution in [0.2, 0.25) is 0 Å². The zero-order valence-electron chi connectivity index (χ0n) is 7.92. The van der Waals surface area contributed by atoms with Crippen LogP contribution in [0.15, 0.2) is 24.1 Å². The minimum atomic E-state index is -0.112.